The first-order chi connectivity index (χ1) is 16.1. The number of hydrogen-bond acceptors (Lipinski definition) is 5. The molecule has 0 radical (unpaired) electrons. The second-order valence-corrected chi connectivity index (χ2v) is 9.97. The number of nitrogens with one attached hydrogen (secondary N) is 1. The van der Waals surface area contributed by atoms with Crippen LogP contribution in [0, 0.1) is 18.8 Å². The van der Waals surface area contributed by atoms with E-state index in [0.29, 0.717) is 41.7 Å². The van der Waals surface area contributed by atoms with Gasteiger partial charge in [-0.3, -0.25) is 9.59 Å². The van der Waals surface area contributed by atoms with Crippen LogP contribution >= 0.6 is 0 Å². The summed E-state index contributed by atoms with van der Waals surface area (Å²) in [7, 11) is 0. The molecular weight excluding hydrogens is 416 g/mol. The number of oxazole rings is 1. The van der Waals surface area contributed by atoms with Crippen molar-refractivity contribution in [1.29, 1.82) is 0 Å². The highest BCUT2D eigenvalue weighted by Crippen LogP contribution is 2.32. The Morgan fingerprint density at radius 2 is 2.03 bits per heavy atom. The zero-order valence-corrected chi connectivity index (χ0v) is 19.5. The molecule has 0 saturated carbocycles. The molecule has 3 aliphatic rings. The molecule has 4 heterocycles. The Labute approximate surface area is 195 Å². The van der Waals surface area contributed by atoms with Gasteiger partial charge in [-0.15, -0.1) is 0 Å². The van der Waals surface area contributed by atoms with Crippen LogP contribution in [0.2, 0.25) is 0 Å². The number of fused-ring (bicyclic) bond motifs is 2. The summed E-state index contributed by atoms with van der Waals surface area (Å²) in [4.78, 5) is 34.1. The van der Waals surface area contributed by atoms with Gasteiger partial charge in [-0.1, -0.05) is 23.8 Å². The minimum Gasteiger partial charge on any atom is -0.443 e. The molecule has 0 aliphatic carbocycles. The van der Waals surface area contributed by atoms with Gasteiger partial charge in [-0.05, 0) is 63.5 Å². The molecule has 3 atom stereocenters. The predicted molar refractivity (Wildman–Crippen MR) is 126 cm³/mol. The summed E-state index contributed by atoms with van der Waals surface area (Å²) < 4.78 is 5.64. The van der Waals surface area contributed by atoms with E-state index in [4.69, 9.17) is 4.42 Å². The Balaban J connectivity index is 1.21. The Morgan fingerprint density at radius 1 is 1.18 bits per heavy atom. The molecule has 3 saturated heterocycles. The van der Waals surface area contributed by atoms with Crippen LogP contribution in [-0.4, -0.2) is 65.4 Å². The molecule has 1 N–H and O–H groups in total. The number of carbonyl (C=O) groups excluding carboxylic acids is 2. The summed E-state index contributed by atoms with van der Waals surface area (Å²) in [5.41, 5.74) is 2.41. The van der Waals surface area contributed by atoms with E-state index in [0.717, 1.165) is 76.0 Å². The van der Waals surface area contributed by atoms with Gasteiger partial charge in [0.1, 0.15) is 0 Å². The fraction of sp³-hybridized carbons (Fsp3) is 0.577. The first-order valence-electron chi connectivity index (χ1n) is 12.4. The molecule has 7 heteroatoms. The molecule has 1 aromatic heterocycles. The normalized spacial score (nSPS) is 24.8. The number of hydrogen-bond donors (Lipinski definition) is 1. The van der Waals surface area contributed by atoms with Gasteiger partial charge in [0.05, 0.1) is 0 Å². The lowest BCUT2D eigenvalue weighted by Gasteiger charge is -2.46. The van der Waals surface area contributed by atoms with Crippen LogP contribution in [0.5, 0.6) is 0 Å². The molecule has 0 spiro atoms. The van der Waals surface area contributed by atoms with Gasteiger partial charge < -0.3 is 19.5 Å². The second kappa shape index (κ2) is 9.67. The molecule has 176 valence electrons. The molecule has 5 rings (SSSR count). The summed E-state index contributed by atoms with van der Waals surface area (Å²) in [6.07, 6.45) is 7.32. The van der Waals surface area contributed by atoms with Crippen molar-refractivity contribution in [2.24, 2.45) is 11.8 Å². The van der Waals surface area contributed by atoms with E-state index in [-0.39, 0.29) is 5.91 Å². The van der Waals surface area contributed by atoms with Gasteiger partial charge in [0.25, 0.3) is 5.91 Å². The quantitative estimate of drug-likeness (QED) is 0.729. The summed E-state index contributed by atoms with van der Waals surface area (Å²) in [6.45, 7) is 6.28. The lowest BCUT2D eigenvalue weighted by atomic mass is 9.79. The molecule has 3 fully saturated rings. The molecule has 0 unspecified atom stereocenters. The van der Waals surface area contributed by atoms with Crippen LogP contribution in [0.4, 0.5) is 0 Å². The van der Waals surface area contributed by atoms with Crippen molar-refractivity contribution in [1.82, 2.24) is 20.1 Å². The van der Waals surface area contributed by atoms with Gasteiger partial charge in [0, 0.05) is 44.2 Å². The number of nitrogens with zero attached hydrogens (tertiary/aromatic N) is 3. The maximum Gasteiger partial charge on any atom is 0.276 e. The van der Waals surface area contributed by atoms with Crippen LogP contribution in [0.1, 0.15) is 54.6 Å². The summed E-state index contributed by atoms with van der Waals surface area (Å²) in [5.74, 6) is 1.69. The van der Waals surface area contributed by atoms with Crippen LogP contribution in [-0.2, 0) is 4.79 Å². The Hall–Kier alpha value is -2.67. The number of benzene rings is 1. The smallest absolute Gasteiger partial charge is 0.276 e. The third kappa shape index (κ3) is 4.83. The lowest BCUT2D eigenvalue weighted by molar-refractivity contribution is -0.130. The fourth-order valence-corrected chi connectivity index (χ4v) is 5.81. The van der Waals surface area contributed by atoms with Gasteiger partial charge in [0.15, 0.2) is 17.8 Å². The highest BCUT2D eigenvalue weighted by molar-refractivity contribution is 5.97. The zero-order chi connectivity index (χ0) is 22.8. The second-order valence-electron chi connectivity index (χ2n) is 9.97. The molecule has 2 aromatic rings. The maximum atomic E-state index is 13.5. The third-order valence-electron chi connectivity index (χ3n) is 7.51. The van der Waals surface area contributed by atoms with Crippen molar-refractivity contribution in [3.8, 4) is 11.3 Å². The number of aromatic nitrogens is 1. The Morgan fingerprint density at radius 3 is 2.85 bits per heavy atom. The van der Waals surface area contributed by atoms with Crippen LogP contribution in [0.25, 0.3) is 11.3 Å². The monoisotopic (exact) mass is 450 g/mol. The largest absolute Gasteiger partial charge is 0.443 e. The molecule has 3 aliphatic heterocycles. The van der Waals surface area contributed by atoms with Crippen molar-refractivity contribution in [2.75, 3.05) is 32.7 Å². The van der Waals surface area contributed by atoms with E-state index < -0.39 is 0 Å². The van der Waals surface area contributed by atoms with E-state index in [1.54, 1.807) is 0 Å². The molecule has 2 bridgehead atoms. The van der Waals surface area contributed by atoms with Crippen molar-refractivity contribution in [3.05, 3.63) is 41.9 Å². The number of piperidine rings is 2. The SMILES string of the molecule is Cc1cccc(-c2ocnc2C(=O)N2C[C@@H]3CN[C@H](CCCC(=O)N4CCCC4)[C@H](C3)C2)c1. The average Bonchev–Trinajstić information content (AvgIpc) is 3.52. The molecular formula is C26H34N4O3. The van der Waals surface area contributed by atoms with Gasteiger partial charge in [-0.2, -0.15) is 0 Å². The number of rotatable bonds is 6. The van der Waals surface area contributed by atoms with E-state index in [1.807, 2.05) is 41.0 Å². The standard InChI is InChI=1S/C26H34N4O3/c1-18-6-4-7-20(12-18)25-24(28-17-33-25)26(32)30-15-19-13-21(16-30)22(27-14-19)8-5-9-23(31)29-10-2-3-11-29/h4,6-7,12,17,19,21-22,27H,2-3,5,8-11,13-16H2,1H3/t19-,21+,22+/m0/s1. The average molecular weight is 451 g/mol. The van der Waals surface area contributed by atoms with Crippen LogP contribution in [0.3, 0.4) is 0 Å². The van der Waals surface area contributed by atoms with Crippen molar-refractivity contribution in [3.63, 3.8) is 0 Å². The summed E-state index contributed by atoms with van der Waals surface area (Å²) in [5, 5.41) is 3.71. The summed E-state index contributed by atoms with van der Waals surface area (Å²) in [6, 6.07) is 8.33. The van der Waals surface area contributed by atoms with E-state index in [2.05, 4.69) is 10.3 Å². The molecule has 33 heavy (non-hydrogen) atoms. The maximum absolute atomic E-state index is 13.5. The highest BCUT2D eigenvalue weighted by Gasteiger charge is 2.39. The van der Waals surface area contributed by atoms with E-state index >= 15 is 0 Å². The fourth-order valence-electron chi connectivity index (χ4n) is 5.81. The van der Waals surface area contributed by atoms with Crippen LogP contribution in [0.15, 0.2) is 35.1 Å². The van der Waals surface area contributed by atoms with Crippen LogP contribution < -0.4 is 5.32 Å². The minimum atomic E-state index is -0.0418. The van der Waals surface area contributed by atoms with Crippen molar-refractivity contribution >= 4 is 11.8 Å². The number of likely N-dealkylation sites (tertiary alicyclic amines) is 2. The Kier molecular flexibility index (Phi) is 6.49. The van der Waals surface area contributed by atoms with Crippen molar-refractivity contribution in [2.45, 2.75) is 51.5 Å². The van der Waals surface area contributed by atoms with Gasteiger partial charge >= 0.3 is 0 Å². The molecule has 1 aromatic carbocycles. The lowest BCUT2D eigenvalue weighted by Crippen LogP contribution is -2.57. The molecule has 2 amide bonds. The topological polar surface area (TPSA) is 78.7 Å². The molecule has 7 nitrogen and oxygen atoms in total. The van der Waals surface area contributed by atoms with Crippen molar-refractivity contribution < 1.29 is 14.0 Å². The Bertz CT molecular complexity index is 997. The van der Waals surface area contributed by atoms with Gasteiger partial charge in [-0.25, -0.2) is 4.98 Å². The van der Waals surface area contributed by atoms with E-state index in [1.165, 1.54) is 6.39 Å². The number of amides is 2. The zero-order valence-electron chi connectivity index (χ0n) is 19.5. The van der Waals surface area contributed by atoms with Gasteiger partial charge in [0.2, 0.25) is 5.91 Å². The predicted octanol–water partition coefficient (Wildman–Crippen LogP) is 3.49. The minimum absolute atomic E-state index is 0.0418. The summed E-state index contributed by atoms with van der Waals surface area (Å²) >= 11 is 0. The number of carbonyl (C=O) groups is 2. The first kappa shape index (κ1) is 22.1. The highest BCUT2D eigenvalue weighted by atomic mass is 16.3. The third-order valence-corrected chi connectivity index (χ3v) is 7.51. The first-order valence-corrected chi connectivity index (χ1v) is 12.4. The number of aryl methyl sites for hydroxylation is 1. The van der Waals surface area contributed by atoms with E-state index in [9.17, 15) is 9.59 Å².